The van der Waals surface area contributed by atoms with E-state index in [2.05, 4.69) is 38.3 Å². The first-order chi connectivity index (χ1) is 15.2. The predicted molar refractivity (Wildman–Crippen MR) is 134 cm³/mol. The maximum absolute atomic E-state index is 12.7. The minimum atomic E-state index is -0.944. The molecule has 0 saturated heterocycles. The first-order valence-electron chi connectivity index (χ1n) is 12.8. The van der Waals surface area contributed by atoms with E-state index >= 15 is 0 Å². The number of hydrogen-bond donors (Lipinski definition) is 3. The van der Waals surface area contributed by atoms with Gasteiger partial charge >= 0.3 is 6.09 Å². The summed E-state index contributed by atoms with van der Waals surface area (Å²) >= 11 is 0. The summed E-state index contributed by atoms with van der Waals surface area (Å²) in [6, 6.07) is -0.568. The molecule has 0 aromatic heterocycles. The Morgan fingerprint density at radius 2 is 1.61 bits per heavy atom. The van der Waals surface area contributed by atoms with Crippen LogP contribution in [-0.2, 0) is 14.3 Å². The van der Waals surface area contributed by atoms with E-state index in [1.54, 1.807) is 20.8 Å². The number of alkyl carbamates (subject to hydrolysis) is 1. The second kappa shape index (κ2) is 15.5. The molecule has 0 aliphatic rings. The summed E-state index contributed by atoms with van der Waals surface area (Å²) in [7, 11) is 0. The van der Waals surface area contributed by atoms with Crippen molar-refractivity contribution in [3.63, 3.8) is 0 Å². The van der Waals surface area contributed by atoms with Gasteiger partial charge in [-0.25, -0.2) is 4.79 Å². The van der Waals surface area contributed by atoms with E-state index in [0.29, 0.717) is 25.6 Å². The Balaban J connectivity index is 5.25. The number of hydrogen-bond acceptors (Lipinski definition) is 5. The molecule has 0 aliphatic carbocycles. The highest BCUT2D eigenvalue weighted by Crippen LogP contribution is 2.24. The number of aliphatic hydroxyl groups is 1. The Bertz CT molecular complexity index is 557. The Labute approximate surface area is 202 Å². The van der Waals surface area contributed by atoms with Gasteiger partial charge in [0.25, 0.3) is 0 Å². The van der Waals surface area contributed by atoms with E-state index < -0.39 is 29.3 Å². The van der Waals surface area contributed by atoms with Gasteiger partial charge in [0.2, 0.25) is 5.91 Å². The van der Waals surface area contributed by atoms with Crippen LogP contribution in [0.5, 0.6) is 0 Å². The second-order valence-electron chi connectivity index (χ2n) is 11.2. The van der Waals surface area contributed by atoms with Crippen LogP contribution in [0.25, 0.3) is 0 Å². The van der Waals surface area contributed by atoms with Crippen LogP contribution in [0, 0.1) is 17.3 Å². The predicted octanol–water partition coefficient (Wildman–Crippen LogP) is 5.05. The fourth-order valence-corrected chi connectivity index (χ4v) is 3.42. The number of amides is 2. The SMILES string of the molecule is CCCCOC[C@@H](C[C@H](NC(=O)OC(C)(C)C)[C@@H](O)CNC(=O)C(C)(C)CCCC)C(C)C. The Morgan fingerprint density at radius 3 is 2.12 bits per heavy atom. The van der Waals surface area contributed by atoms with Gasteiger partial charge in [-0.15, -0.1) is 0 Å². The zero-order valence-corrected chi connectivity index (χ0v) is 22.8. The van der Waals surface area contributed by atoms with Gasteiger partial charge in [0.15, 0.2) is 0 Å². The lowest BCUT2D eigenvalue weighted by atomic mass is 9.86. The average molecular weight is 473 g/mol. The third-order valence-corrected chi connectivity index (χ3v) is 5.88. The maximum Gasteiger partial charge on any atom is 0.407 e. The number of carbonyl (C=O) groups excluding carboxylic acids is 2. The van der Waals surface area contributed by atoms with Crippen molar-refractivity contribution in [2.45, 2.75) is 119 Å². The standard InChI is InChI=1S/C26H52N2O5/c1-10-12-14-26(8,9)23(30)27-17-22(29)21(28-24(31)33-25(5,6)7)16-20(19(3)4)18-32-15-13-11-2/h19-22,29H,10-18H2,1-9H3,(H,27,30)(H,28,31)/t20-,21+,22+/m1/s1. The third-order valence-electron chi connectivity index (χ3n) is 5.88. The molecule has 7 heteroatoms. The van der Waals surface area contributed by atoms with Crippen molar-refractivity contribution in [1.82, 2.24) is 10.6 Å². The highest BCUT2D eigenvalue weighted by atomic mass is 16.6. The van der Waals surface area contributed by atoms with Crippen molar-refractivity contribution in [2.24, 2.45) is 17.3 Å². The minimum Gasteiger partial charge on any atom is -0.444 e. The van der Waals surface area contributed by atoms with Crippen LogP contribution >= 0.6 is 0 Å². The first kappa shape index (κ1) is 31.7. The largest absolute Gasteiger partial charge is 0.444 e. The van der Waals surface area contributed by atoms with Crippen molar-refractivity contribution in [2.75, 3.05) is 19.8 Å². The Kier molecular flexibility index (Phi) is 14.9. The summed E-state index contributed by atoms with van der Waals surface area (Å²) in [5.41, 5.74) is -1.14. The molecule has 2 amide bonds. The lowest BCUT2D eigenvalue weighted by Crippen LogP contribution is -2.52. The van der Waals surface area contributed by atoms with Gasteiger partial charge in [-0.05, 0) is 51.9 Å². The molecule has 33 heavy (non-hydrogen) atoms. The van der Waals surface area contributed by atoms with Crippen LogP contribution in [0.4, 0.5) is 4.79 Å². The van der Waals surface area contributed by atoms with Gasteiger partial charge in [-0.1, -0.05) is 60.8 Å². The van der Waals surface area contributed by atoms with Crippen LogP contribution in [0.2, 0.25) is 0 Å². The van der Waals surface area contributed by atoms with E-state index in [0.717, 1.165) is 32.1 Å². The molecule has 0 unspecified atom stereocenters. The second-order valence-corrected chi connectivity index (χ2v) is 11.2. The summed E-state index contributed by atoms with van der Waals surface area (Å²) in [6.07, 6.45) is 3.87. The van der Waals surface area contributed by atoms with Crippen LogP contribution in [0.3, 0.4) is 0 Å². The molecular weight excluding hydrogens is 420 g/mol. The zero-order chi connectivity index (χ0) is 25.7. The quantitative estimate of drug-likeness (QED) is 0.273. The molecule has 0 aromatic rings. The molecule has 196 valence electrons. The van der Waals surface area contributed by atoms with Crippen molar-refractivity contribution in [1.29, 1.82) is 0 Å². The number of ether oxygens (including phenoxy) is 2. The normalized spacial score (nSPS) is 15.1. The molecule has 0 saturated carbocycles. The molecule has 0 fully saturated rings. The fraction of sp³-hybridized carbons (Fsp3) is 0.923. The Morgan fingerprint density at radius 1 is 1.00 bits per heavy atom. The molecule has 3 atom stereocenters. The van der Waals surface area contributed by atoms with Crippen molar-refractivity contribution < 1.29 is 24.2 Å². The van der Waals surface area contributed by atoms with E-state index in [4.69, 9.17) is 9.47 Å². The van der Waals surface area contributed by atoms with Gasteiger partial charge in [0.05, 0.1) is 12.1 Å². The van der Waals surface area contributed by atoms with E-state index in [-0.39, 0.29) is 18.4 Å². The lowest BCUT2D eigenvalue weighted by Gasteiger charge is -2.32. The molecule has 0 rings (SSSR count). The number of carbonyl (C=O) groups is 2. The number of unbranched alkanes of at least 4 members (excludes halogenated alkanes) is 2. The van der Waals surface area contributed by atoms with Crippen molar-refractivity contribution in [3.8, 4) is 0 Å². The summed E-state index contributed by atoms with van der Waals surface area (Å²) in [5.74, 6) is 0.367. The average Bonchev–Trinajstić information content (AvgIpc) is 2.69. The molecule has 0 heterocycles. The molecule has 0 spiro atoms. The van der Waals surface area contributed by atoms with Gasteiger partial charge in [-0.2, -0.15) is 0 Å². The number of aliphatic hydroxyl groups excluding tert-OH is 1. The van der Waals surface area contributed by atoms with Crippen LogP contribution in [0.15, 0.2) is 0 Å². The molecule has 0 aliphatic heterocycles. The zero-order valence-electron chi connectivity index (χ0n) is 22.8. The van der Waals surface area contributed by atoms with Gasteiger partial charge in [-0.3, -0.25) is 4.79 Å². The molecule has 7 nitrogen and oxygen atoms in total. The van der Waals surface area contributed by atoms with Gasteiger partial charge in [0, 0.05) is 25.2 Å². The number of rotatable bonds is 16. The van der Waals surface area contributed by atoms with Gasteiger partial charge < -0.3 is 25.2 Å². The monoisotopic (exact) mass is 472 g/mol. The maximum atomic E-state index is 12.7. The van der Waals surface area contributed by atoms with Gasteiger partial charge in [0.1, 0.15) is 5.60 Å². The van der Waals surface area contributed by atoms with Crippen LogP contribution < -0.4 is 10.6 Å². The summed E-state index contributed by atoms with van der Waals surface area (Å²) in [5, 5.41) is 16.7. The van der Waals surface area contributed by atoms with E-state index in [1.165, 1.54) is 0 Å². The van der Waals surface area contributed by atoms with Crippen molar-refractivity contribution in [3.05, 3.63) is 0 Å². The molecular formula is C26H52N2O5. The lowest BCUT2D eigenvalue weighted by molar-refractivity contribution is -0.130. The molecule has 0 aromatic carbocycles. The van der Waals surface area contributed by atoms with Crippen LogP contribution in [-0.4, -0.2) is 54.6 Å². The highest BCUT2D eigenvalue weighted by molar-refractivity contribution is 5.81. The molecule has 0 radical (unpaired) electrons. The topological polar surface area (TPSA) is 96.9 Å². The Hall–Kier alpha value is -1.34. The third kappa shape index (κ3) is 14.5. The highest BCUT2D eigenvalue weighted by Gasteiger charge is 2.31. The smallest absolute Gasteiger partial charge is 0.407 e. The number of nitrogens with one attached hydrogen (secondary N) is 2. The summed E-state index contributed by atoms with van der Waals surface area (Å²) in [4.78, 5) is 25.2. The molecule has 0 bridgehead atoms. The summed E-state index contributed by atoms with van der Waals surface area (Å²) in [6.45, 7) is 19.0. The van der Waals surface area contributed by atoms with E-state index in [9.17, 15) is 14.7 Å². The molecule has 3 N–H and O–H groups in total. The fourth-order valence-electron chi connectivity index (χ4n) is 3.42. The van der Waals surface area contributed by atoms with Crippen LogP contribution in [0.1, 0.15) is 101 Å². The van der Waals surface area contributed by atoms with Crippen molar-refractivity contribution >= 4 is 12.0 Å². The van der Waals surface area contributed by atoms with E-state index in [1.807, 2.05) is 13.8 Å². The summed E-state index contributed by atoms with van der Waals surface area (Å²) < 4.78 is 11.3. The minimum absolute atomic E-state index is 0.0658. The first-order valence-corrected chi connectivity index (χ1v) is 12.8.